The maximum atomic E-state index is 11.2. The number of nitrogens with zero attached hydrogens (tertiary/aromatic N) is 2. The molecule has 1 saturated heterocycles. The van der Waals surface area contributed by atoms with Crippen LogP contribution >= 0.6 is 0 Å². The Morgan fingerprint density at radius 2 is 2.00 bits per heavy atom. The highest BCUT2D eigenvalue weighted by molar-refractivity contribution is 5.68. The van der Waals surface area contributed by atoms with Gasteiger partial charge < -0.3 is 10.0 Å². The Balaban J connectivity index is 2.07. The van der Waals surface area contributed by atoms with Gasteiger partial charge in [0.25, 0.3) is 0 Å². The standard InChI is InChI=1S/C14H26N2O2/c1-3-12-4-5-14(10-12,11-13(17)18)16-8-6-15(2)7-9-16/h12H,3-11H2,1-2H3,(H,17,18). The minimum Gasteiger partial charge on any atom is -0.481 e. The van der Waals surface area contributed by atoms with Crippen molar-refractivity contribution in [3.05, 3.63) is 0 Å². The summed E-state index contributed by atoms with van der Waals surface area (Å²) < 4.78 is 0. The molecule has 4 nitrogen and oxygen atoms in total. The lowest BCUT2D eigenvalue weighted by atomic mass is 9.88. The largest absolute Gasteiger partial charge is 0.481 e. The molecule has 0 spiro atoms. The molecule has 0 aromatic heterocycles. The summed E-state index contributed by atoms with van der Waals surface area (Å²) in [4.78, 5) is 16.0. The van der Waals surface area contributed by atoms with Crippen molar-refractivity contribution in [3.8, 4) is 0 Å². The van der Waals surface area contributed by atoms with E-state index >= 15 is 0 Å². The van der Waals surface area contributed by atoms with Crippen LogP contribution in [0.5, 0.6) is 0 Å². The Morgan fingerprint density at radius 1 is 1.33 bits per heavy atom. The molecule has 4 heteroatoms. The van der Waals surface area contributed by atoms with Crippen LogP contribution in [0.25, 0.3) is 0 Å². The number of carboxylic acids is 1. The highest BCUT2D eigenvalue weighted by Gasteiger charge is 2.45. The molecule has 1 aliphatic carbocycles. The fraction of sp³-hybridized carbons (Fsp3) is 0.929. The molecule has 0 aromatic rings. The first kappa shape index (κ1) is 13.8. The van der Waals surface area contributed by atoms with E-state index in [0.717, 1.165) is 44.9 Å². The number of carboxylic acid groups (broad SMARTS) is 1. The predicted molar refractivity (Wildman–Crippen MR) is 71.7 cm³/mol. The van der Waals surface area contributed by atoms with E-state index in [4.69, 9.17) is 0 Å². The molecule has 18 heavy (non-hydrogen) atoms. The monoisotopic (exact) mass is 254 g/mol. The Morgan fingerprint density at radius 3 is 2.50 bits per heavy atom. The number of likely N-dealkylation sites (N-methyl/N-ethyl adjacent to an activating group) is 1. The average molecular weight is 254 g/mol. The Kier molecular flexibility index (Phi) is 4.28. The molecule has 2 rings (SSSR count). The molecule has 104 valence electrons. The second kappa shape index (κ2) is 5.57. The summed E-state index contributed by atoms with van der Waals surface area (Å²) in [6, 6.07) is 0. The number of hydrogen-bond acceptors (Lipinski definition) is 3. The predicted octanol–water partition coefficient (Wildman–Crippen LogP) is 1.66. The van der Waals surface area contributed by atoms with E-state index in [1.807, 2.05) is 0 Å². The zero-order valence-electron chi connectivity index (χ0n) is 11.7. The fourth-order valence-electron chi connectivity index (χ4n) is 3.68. The van der Waals surface area contributed by atoms with Crippen LogP contribution in [0.4, 0.5) is 0 Å². The van der Waals surface area contributed by atoms with Gasteiger partial charge in [-0.15, -0.1) is 0 Å². The van der Waals surface area contributed by atoms with Gasteiger partial charge in [-0.25, -0.2) is 0 Å². The van der Waals surface area contributed by atoms with E-state index in [0.29, 0.717) is 6.42 Å². The van der Waals surface area contributed by atoms with E-state index in [9.17, 15) is 9.90 Å². The Bertz CT molecular complexity index is 300. The topological polar surface area (TPSA) is 43.8 Å². The van der Waals surface area contributed by atoms with Crippen molar-refractivity contribution in [2.24, 2.45) is 5.92 Å². The Labute approximate surface area is 110 Å². The summed E-state index contributed by atoms with van der Waals surface area (Å²) >= 11 is 0. The fourth-order valence-corrected chi connectivity index (χ4v) is 3.68. The van der Waals surface area contributed by atoms with Crippen molar-refractivity contribution in [2.45, 2.75) is 44.6 Å². The molecule has 2 atom stereocenters. The van der Waals surface area contributed by atoms with E-state index in [1.165, 1.54) is 12.8 Å². The quantitative estimate of drug-likeness (QED) is 0.828. The summed E-state index contributed by atoms with van der Waals surface area (Å²) in [6.45, 7) is 6.42. The van der Waals surface area contributed by atoms with Crippen LogP contribution in [0.3, 0.4) is 0 Å². The molecule has 1 aliphatic heterocycles. The average Bonchev–Trinajstić information content (AvgIpc) is 2.73. The van der Waals surface area contributed by atoms with Gasteiger partial charge >= 0.3 is 5.97 Å². The summed E-state index contributed by atoms with van der Waals surface area (Å²) in [7, 11) is 2.14. The second-order valence-electron chi connectivity index (χ2n) is 6.10. The zero-order valence-corrected chi connectivity index (χ0v) is 11.7. The molecule has 2 unspecified atom stereocenters. The summed E-state index contributed by atoms with van der Waals surface area (Å²) in [6.07, 6.45) is 4.87. The molecular formula is C14H26N2O2. The van der Waals surface area contributed by atoms with Gasteiger partial charge in [0.05, 0.1) is 6.42 Å². The molecule has 1 N–H and O–H groups in total. The molecule has 2 aliphatic rings. The lowest BCUT2D eigenvalue weighted by Gasteiger charge is -2.45. The van der Waals surface area contributed by atoms with Gasteiger partial charge in [0.15, 0.2) is 0 Å². The van der Waals surface area contributed by atoms with Gasteiger partial charge in [-0.3, -0.25) is 9.69 Å². The van der Waals surface area contributed by atoms with Crippen molar-refractivity contribution in [3.63, 3.8) is 0 Å². The van der Waals surface area contributed by atoms with Gasteiger partial charge in [-0.1, -0.05) is 13.3 Å². The summed E-state index contributed by atoms with van der Waals surface area (Å²) in [5, 5.41) is 9.24. The SMILES string of the molecule is CCC1CCC(CC(=O)O)(N2CCN(C)CC2)C1. The molecule has 0 radical (unpaired) electrons. The van der Waals surface area contributed by atoms with Crippen LogP contribution < -0.4 is 0 Å². The minimum absolute atomic E-state index is 0.0478. The second-order valence-corrected chi connectivity index (χ2v) is 6.10. The molecule has 1 heterocycles. The first-order valence-corrected chi connectivity index (χ1v) is 7.21. The van der Waals surface area contributed by atoms with Crippen molar-refractivity contribution in [1.82, 2.24) is 9.80 Å². The van der Waals surface area contributed by atoms with Crippen LogP contribution in [-0.2, 0) is 4.79 Å². The first-order valence-electron chi connectivity index (χ1n) is 7.21. The third-order valence-electron chi connectivity index (χ3n) is 4.92. The number of hydrogen-bond donors (Lipinski definition) is 1. The maximum absolute atomic E-state index is 11.2. The van der Waals surface area contributed by atoms with Gasteiger partial charge in [0.2, 0.25) is 0 Å². The highest BCUT2D eigenvalue weighted by atomic mass is 16.4. The molecule has 0 aromatic carbocycles. The third-order valence-corrected chi connectivity index (χ3v) is 4.92. The summed E-state index contributed by atoms with van der Waals surface area (Å²) in [5.41, 5.74) is -0.0478. The van der Waals surface area contributed by atoms with Crippen molar-refractivity contribution in [1.29, 1.82) is 0 Å². The molecule has 1 saturated carbocycles. The van der Waals surface area contributed by atoms with Gasteiger partial charge in [-0.2, -0.15) is 0 Å². The van der Waals surface area contributed by atoms with Crippen LogP contribution in [0.15, 0.2) is 0 Å². The normalized spacial score (nSPS) is 34.9. The smallest absolute Gasteiger partial charge is 0.305 e. The van der Waals surface area contributed by atoms with E-state index in [2.05, 4.69) is 23.8 Å². The van der Waals surface area contributed by atoms with E-state index in [1.54, 1.807) is 0 Å². The minimum atomic E-state index is -0.634. The number of rotatable bonds is 4. The third kappa shape index (κ3) is 2.86. The van der Waals surface area contributed by atoms with E-state index < -0.39 is 5.97 Å². The number of carbonyl (C=O) groups is 1. The van der Waals surface area contributed by atoms with Crippen LogP contribution in [0.2, 0.25) is 0 Å². The highest BCUT2D eigenvalue weighted by Crippen LogP contribution is 2.43. The van der Waals surface area contributed by atoms with Crippen LogP contribution in [0.1, 0.15) is 39.0 Å². The number of piperazine rings is 1. The van der Waals surface area contributed by atoms with E-state index in [-0.39, 0.29) is 5.54 Å². The Hall–Kier alpha value is -0.610. The van der Waals surface area contributed by atoms with Gasteiger partial charge in [0.1, 0.15) is 0 Å². The molecule has 0 bridgehead atoms. The lowest BCUT2D eigenvalue weighted by Crippen LogP contribution is -2.56. The maximum Gasteiger partial charge on any atom is 0.305 e. The number of aliphatic carboxylic acids is 1. The molecular weight excluding hydrogens is 228 g/mol. The van der Waals surface area contributed by atoms with Gasteiger partial charge in [-0.05, 0) is 32.2 Å². The van der Waals surface area contributed by atoms with Gasteiger partial charge in [0, 0.05) is 31.7 Å². The molecule has 0 amide bonds. The van der Waals surface area contributed by atoms with Crippen LogP contribution in [-0.4, -0.2) is 59.6 Å². The zero-order chi connectivity index (χ0) is 13.2. The van der Waals surface area contributed by atoms with Crippen molar-refractivity contribution < 1.29 is 9.90 Å². The lowest BCUT2D eigenvalue weighted by molar-refractivity contribution is -0.141. The van der Waals surface area contributed by atoms with Crippen LogP contribution in [0, 0.1) is 5.92 Å². The first-order chi connectivity index (χ1) is 8.55. The van der Waals surface area contributed by atoms with Crippen molar-refractivity contribution >= 4 is 5.97 Å². The van der Waals surface area contributed by atoms with Crippen molar-refractivity contribution in [2.75, 3.05) is 33.2 Å². The molecule has 2 fully saturated rings. The summed E-state index contributed by atoms with van der Waals surface area (Å²) in [5.74, 6) is 0.0923.